The third kappa shape index (κ3) is 54.9. The van der Waals surface area contributed by atoms with Crippen LogP contribution in [0.15, 0.2) is 109 Å². The summed E-state index contributed by atoms with van der Waals surface area (Å²) in [6.07, 6.45) is 76.4. The summed E-state index contributed by atoms with van der Waals surface area (Å²) in [4.78, 5) is 38.2. The SMILES string of the molecule is CC/C=C\C/C=C\C/C=C\C/C=C\CCCCCCC(=O)OCC(COC(=O)CCCCCCCCC/C=C\C/C=C\CCCCC)OC(=O)CCCCCCCCC/C=C\C/C=C\C/C=C\CC. The second-order valence-corrected chi connectivity index (χ2v) is 18.4. The topological polar surface area (TPSA) is 78.9 Å². The van der Waals surface area contributed by atoms with Crippen LogP contribution in [0.25, 0.3) is 0 Å². The molecule has 0 rings (SSSR count). The highest BCUT2D eigenvalue weighted by Gasteiger charge is 2.19. The Morgan fingerprint density at radius 1 is 0.304 bits per heavy atom. The minimum atomic E-state index is -0.800. The lowest BCUT2D eigenvalue weighted by Gasteiger charge is -2.18. The molecule has 0 saturated heterocycles. The molecule has 0 aromatic heterocycles. The van der Waals surface area contributed by atoms with Gasteiger partial charge in [-0.1, -0.05) is 220 Å². The molecule has 0 aliphatic carbocycles. The molecule has 0 aromatic rings. The number of hydrogen-bond acceptors (Lipinski definition) is 6. The summed E-state index contributed by atoms with van der Waals surface area (Å²) < 4.78 is 16.8. The van der Waals surface area contributed by atoms with E-state index < -0.39 is 6.10 Å². The van der Waals surface area contributed by atoms with Gasteiger partial charge in [-0.2, -0.15) is 0 Å². The van der Waals surface area contributed by atoms with Gasteiger partial charge in [-0.15, -0.1) is 0 Å². The number of esters is 3. The summed E-state index contributed by atoms with van der Waals surface area (Å²) in [5.41, 5.74) is 0. The van der Waals surface area contributed by atoms with Gasteiger partial charge in [-0.05, 0) is 122 Å². The molecular formula is C63H104O6. The van der Waals surface area contributed by atoms with Crippen molar-refractivity contribution in [3.63, 3.8) is 0 Å². The predicted molar refractivity (Wildman–Crippen MR) is 297 cm³/mol. The van der Waals surface area contributed by atoms with Crippen molar-refractivity contribution in [3.8, 4) is 0 Å². The molecule has 0 fully saturated rings. The lowest BCUT2D eigenvalue weighted by Crippen LogP contribution is -2.30. The molecule has 6 nitrogen and oxygen atoms in total. The van der Waals surface area contributed by atoms with Crippen LogP contribution in [0, 0.1) is 0 Å². The minimum Gasteiger partial charge on any atom is -0.462 e. The van der Waals surface area contributed by atoms with Crippen LogP contribution < -0.4 is 0 Å². The fourth-order valence-electron chi connectivity index (χ4n) is 7.54. The van der Waals surface area contributed by atoms with Crippen LogP contribution in [0.1, 0.15) is 252 Å². The number of ether oxygens (including phenoxy) is 3. The highest BCUT2D eigenvalue weighted by atomic mass is 16.6. The van der Waals surface area contributed by atoms with Gasteiger partial charge in [-0.3, -0.25) is 14.4 Å². The van der Waals surface area contributed by atoms with E-state index in [1.54, 1.807) is 0 Å². The zero-order valence-electron chi connectivity index (χ0n) is 44.8. The summed E-state index contributed by atoms with van der Waals surface area (Å²) in [7, 11) is 0. The maximum Gasteiger partial charge on any atom is 0.306 e. The molecule has 69 heavy (non-hydrogen) atoms. The normalized spacial score (nSPS) is 12.9. The van der Waals surface area contributed by atoms with Crippen LogP contribution in [0.4, 0.5) is 0 Å². The van der Waals surface area contributed by atoms with E-state index in [2.05, 4.69) is 130 Å². The molecule has 0 bridgehead atoms. The number of carbonyl (C=O) groups excluding carboxylic acids is 3. The molecule has 0 N–H and O–H groups in total. The number of allylic oxidation sites excluding steroid dienone is 18. The van der Waals surface area contributed by atoms with Crippen molar-refractivity contribution in [2.75, 3.05) is 13.2 Å². The Kier molecular flexibility index (Phi) is 53.4. The summed E-state index contributed by atoms with van der Waals surface area (Å²) in [6.45, 7) is 6.36. The first kappa shape index (κ1) is 65.1. The van der Waals surface area contributed by atoms with Gasteiger partial charge in [-0.25, -0.2) is 0 Å². The molecule has 392 valence electrons. The maximum absolute atomic E-state index is 12.9. The van der Waals surface area contributed by atoms with Crippen molar-refractivity contribution < 1.29 is 28.6 Å². The predicted octanol–water partition coefficient (Wildman–Crippen LogP) is 19.1. The second kappa shape index (κ2) is 56.7. The van der Waals surface area contributed by atoms with Crippen LogP contribution in [0.2, 0.25) is 0 Å². The summed E-state index contributed by atoms with van der Waals surface area (Å²) in [6, 6.07) is 0. The van der Waals surface area contributed by atoms with Gasteiger partial charge in [0.25, 0.3) is 0 Å². The number of unbranched alkanes of at least 4 members (excludes halogenated alkanes) is 21. The zero-order valence-corrected chi connectivity index (χ0v) is 44.8. The van der Waals surface area contributed by atoms with Crippen molar-refractivity contribution in [1.82, 2.24) is 0 Å². The third-order valence-corrected chi connectivity index (χ3v) is 11.7. The van der Waals surface area contributed by atoms with Gasteiger partial charge >= 0.3 is 17.9 Å². The number of rotatable bonds is 50. The van der Waals surface area contributed by atoms with Crippen molar-refractivity contribution in [1.29, 1.82) is 0 Å². The van der Waals surface area contributed by atoms with Gasteiger partial charge in [0.15, 0.2) is 6.10 Å². The van der Waals surface area contributed by atoms with Gasteiger partial charge in [0.1, 0.15) is 13.2 Å². The fourth-order valence-corrected chi connectivity index (χ4v) is 7.54. The monoisotopic (exact) mass is 957 g/mol. The average Bonchev–Trinajstić information content (AvgIpc) is 3.35. The molecular weight excluding hydrogens is 853 g/mol. The maximum atomic E-state index is 12.9. The Morgan fingerprint density at radius 3 is 0.884 bits per heavy atom. The average molecular weight is 958 g/mol. The van der Waals surface area contributed by atoms with Gasteiger partial charge < -0.3 is 14.2 Å². The van der Waals surface area contributed by atoms with Crippen molar-refractivity contribution in [3.05, 3.63) is 109 Å². The van der Waals surface area contributed by atoms with E-state index in [9.17, 15) is 14.4 Å². The summed E-state index contributed by atoms with van der Waals surface area (Å²) in [5.74, 6) is -0.937. The van der Waals surface area contributed by atoms with E-state index in [1.165, 1.54) is 77.0 Å². The van der Waals surface area contributed by atoms with Gasteiger partial charge in [0.05, 0.1) is 0 Å². The Balaban J connectivity index is 4.47. The smallest absolute Gasteiger partial charge is 0.306 e. The van der Waals surface area contributed by atoms with E-state index in [-0.39, 0.29) is 31.1 Å². The molecule has 1 atom stereocenters. The molecule has 0 amide bonds. The van der Waals surface area contributed by atoms with Crippen molar-refractivity contribution in [2.45, 2.75) is 258 Å². The molecule has 0 saturated carbocycles. The number of carbonyl (C=O) groups is 3. The highest BCUT2D eigenvalue weighted by Crippen LogP contribution is 2.14. The zero-order chi connectivity index (χ0) is 50.0. The second-order valence-electron chi connectivity index (χ2n) is 18.4. The molecule has 0 spiro atoms. The largest absolute Gasteiger partial charge is 0.462 e. The van der Waals surface area contributed by atoms with Crippen LogP contribution >= 0.6 is 0 Å². The fraction of sp³-hybridized carbons (Fsp3) is 0.667. The molecule has 6 heteroatoms. The molecule has 0 aromatic carbocycles. The van der Waals surface area contributed by atoms with E-state index in [1.807, 2.05) is 0 Å². The first-order valence-corrected chi connectivity index (χ1v) is 28.4. The lowest BCUT2D eigenvalue weighted by atomic mass is 10.1. The van der Waals surface area contributed by atoms with Crippen LogP contribution in [0.3, 0.4) is 0 Å². The van der Waals surface area contributed by atoms with Crippen LogP contribution in [-0.4, -0.2) is 37.2 Å². The first-order valence-electron chi connectivity index (χ1n) is 28.4. The third-order valence-electron chi connectivity index (χ3n) is 11.7. The van der Waals surface area contributed by atoms with Crippen molar-refractivity contribution in [2.24, 2.45) is 0 Å². The number of hydrogen-bond donors (Lipinski definition) is 0. The Labute approximate surface area is 425 Å². The Hall–Kier alpha value is -3.93. The quantitative estimate of drug-likeness (QED) is 0.0262. The van der Waals surface area contributed by atoms with Crippen molar-refractivity contribution >= 4 is 17.9 Å². The highest BCUT2D eigenvalue weighted by molar-refractivity contribution is 5.71. The van der Waals surface area contributed by atoms with E-state index in [4.69, 9.17) is 14.2 Å². The first-order chi connectivity index (χ1) is 34.0. The van der Waals surface area contributed by atoms with E-state index in [0.29, 0.717) is 19.3 Å². The molecule has 0 aliphatic rings. The standard InChI is InChI=1S/C63H104O6/c1-4-7-10-13-16-19-22-25-28-31-34-37-40-43-46-49-52-55-61(64)67-58-60(69-63(66)57-54-51-48-45-42-39-36-33-30-27-24-21-18-15-12-9-6-3)59-68-62(65)56-53-50-47-44-41-38-35-32-29-26-23-20-17-14-11-8-5-2/h7,9-10,12,16-21,25-30,34,37,60H,4-6,8,11,13-15,22-24,31-33,35-36,38-59H2,1-3H3/b10-7-,12-9-,19-16-,20-17-,21-18-,28-25-,29-26-,30-27-,37-34-. The lowest BCUT2D eigenvalue weighted by molar-refractivity contribution is -0.167. The van der Waals surface area contributed by atoms with Crippen LogP contribution in [0.5, 0.6) is 0 Å². The van der Waals surface area contributed by atoms with Crippen LogP contribution in [-0.2, 0) is 28.6 Å². The molecule has 1 unspecified atom stereocenters. The van der Waals surface area contributed by atoms with Gasteiger partial charge in [0, 0.05) is 19.3 Å². The molecule has 0 heterocycles. The van der Waals surface area contributed by atoms with E-state index in [0.717, 1.165) is 135 Å². The summed E-state index contributed by atoms with van der Waals surface area (Å²) in [5, 5.41) is 0. The minimum absolute atomic E-state index is 0.0959. The van der Waals surface area contributed by atoms with Gasteiger partial charge in [0.2, 0.25) is 0 Å². The van der Waals surface area contributed by atoms with E-state index >= 15 is 0 Å². The Morgan fingerprint density at radius 2 is 0.565 bits per heavy atom. The Bertz CT molecular complexity index is 1420. The summed E-state index contributed by atoms with van der Waals surface area (Å²) >= 11 is 0. The molecule has 0 radical (unpaired) electrons. The molecule has 0 aliphatic heterocycles.